The van der Waals surface area contributed by atoms with E-state index in [4.69, 9.17) is 11.6 Å². The minimum Gasteiger partial charge on any atom is -0.322 e. The van der Waals surface area contributed by atoms with Gasteiger partial charge in [-0.15, -0.1) is 0 Å². The second kappa shape index (κ2) is 7.43. The maximum Gasteiger partial charge on any atom is 0.417 e. The number of amides is 1. The summed E-state index contributed by atoms with van der Waals surface area (Å²) in [5.41, 5.74) is -0.0499. The Hall–Kier alpha value is -2.45. The number of benzene rings is 2. The second-order valence-corrected chi connectivity index (χ2v) is 7.13. The molecular weight excluding hydrogens is 363 g/mol. The Kier molecular flexibility index (Phi) is 5.68. The average Bonchev–Trinajstić information content (AvgIpc) is 2.53. The van der Waals surface area contributed by atoms with Crippen molar-refractivity contribution in [2.45, 2.75) is 26.9 Å². The van der Waals surface area contributed by atoms with Crippen molar-refractivity contribution in [1.82, 2.24) is 0 Å². The Balaban J connectivity index is 2.17. The fourth-order valence-electron chi connectivity index (χ4n) is 1.99. The Morgan fingerprint density at radius 3 is 2.19 bits per heavy atom. The van der Waals surface area contributed by atoms with E-state index in [9.17, 15) is 18.0 Å². The van der Waals surface area contributed by atoms with Crippen LogP contribution < -0.4 is 5.32 Å². The van der Waals surface area contributed by atoms with Crippen LogP contribution in [0.5, 0.6) is 0 Å². The van der Waals surface area contributed by atoms with Crippen LogP contribution in [0.25, 0.3) is 0 Å². The van der Waals surface area contributed by atoms with Crippen molar-refractivity contribution in [3.63, 3.8) is 0 Å². The van der Waals surface area contributed by atoms with E-state index in [1.807, 2.05) is 20.8 Å². The van der Waals surface area contributed by atoms with Gasteiger partial charge in [-0.2, -0.15) is 13.2 Å². The van der Waals surface area contributed by atoms with Crippen molar-refractivity contribution >= 4 is 23.2 Å². The first-order valence-electron chi connectivity index (χ1n) is 7.77. The van der Waals surface area contributed by atoms with Crippen molar-refractivity contribution in [2.75, 3.05) is 5.32 Å². The van der Waals surface area contributed by atoms with Crippen molar-refractivity contribution in [3.8, 4) is 11.8 Å². The molecule has 0 heterocycles. The molecule has 0 saturated heterocycles. The average molecular weight is 380 g/mol. The molecule has 0 radical (unpaired) electrons. The van der Waals surface area contributed by atoms with E-state index in [0.717, 1.165) is 17.7 Å². The molecule has 2 rings (SSSR count). The molecule has 0 aliphatic rings. The molecule has 0 saturated carbocycles. The molecule has 0 atom stereocenters. The van der Waals surface area contributed by atoms with Crippen LogP contribution in [-0.4, -0.2) is 5.91 Å². The molecule has 2 aromatic rings. The number of anilines is 1. The lowest BCUT2D eigenvalue weighted by atomic mass is 9.97. The van der Waals surface area contributed by atoms with Gasteiger partial charge in [-0.05, 0) is 63.2 Å². The summed E-state index contributed by atoms with van der Waals surface area (Å²) in [5, 5.41) is 2.02. The zero-order valence-corrected chi connectivity index (χ0v) is 15.2. The van der Waals surface area contributed by atoms with Gasteiger partial charge in [0.1, 0.15) is 0 Å². The monoisotopic (exact) mass is 379 g/mol. The predicted molar refractivity (Wildman–Crippen MR) is 97.2 cm³/mol. The van der Waals surface area contributed by atoms with Crippen LogP contribution in [0.2, 0.25) is 5.02 Å². The molecule has 6 heteroatoms. The number of alkyl halides is 3. The van der Waals surface area contributed by atoms with Gasteiger partial charge in [-0.3, -0.25) is 4.79 Å². The van der Waals surface area contributed by atoms with Crippen LogP contribution in [0.1, 0.15) is 42.3 Å². The van der Waals surface area contributed by atoms with Gasteiger partial charge in [0, 0.05) is 22.2 Å². The summed E-state index contributed by atoms with van der Waals surface area (Å²) in [6.07, 6.45) is -4.59. The number of nitrogens with one attached hydrogen (secondary N) is 1. The van der Waals surface area contributed by atoms with Crippen molar-refractivity contribution in [2.24, 2.45) is 5.41 Å². The van der Waals surface area contributed by atoms with Crippen molar-refractivity contribution in [1.29, 1.82) is 0 Å². The number of halogens is 4. The van der Waals surface area contributed by atoms with Crippen LogP contribution in [0.4, 0.5) is 18.9 Å². The minimum atomic E-state index is -4.59. The fraction of sp³-hybridized carbons (Fsp3) is 0.250. The summed E-state index contributed by atoms with van der Waals surface area (Å²) in [6, 6.07) is 9.76. The number of carbonyl (C=O) groups is 1. The maximum absolute atomic E-state index is 12.9. The largest absolute Gasteiger partial charge is 0.417 e. The lowest BCUT2D eigenvalue weighted by Gasteiger charge is -2.12. The van der Waals surface area contributed by atoms with E-state index >= 15 is 0 Å². The van der Waals surface area contributed by atoms with E-state index < -0.39 is 22.7 Å². The quantitative estimate of drug-likeness (QED) is 0.636. The topological polar surface area (TPSA) is 29.1 Å². The third-order valence-corrected chi connectivity index (χ3v) is 3.59. The third-order valence-electron chi connectivity index (χ3n) is 3.26. The summed E-state index contributed by atoms with van der Waals surface area (Å²) >= 11 is 5.57. The highest BCUT2D eigenvalue weighted by atomic mass is 35.5. The summed E-state index contributed by atoms with van der Waals surface area (Å²) < 4.78 is 38.6. The lowest BCUT2D eigenvalue weighted by Crippen LogP contribution is -2.13. The molecule has 2 aromatic carbocycles. The van der Waals surface area contributed by atoms with Gasteiger partial charge >= 0.3 is 6.18 Å². The molecule has 0 spiro atoms. The molecule has 0 aromatic heterocycles. The Morgan fingerprint density at radius 1 is 1.04 bits per heavy atom. The molecule has 136 valence electrons. The van der Waals surface area contributed by atoms with Crippen LogP contribution >= 0.6 is 11.6 Å². The summed E-state index contributed by atoms with van der Waals surface area (Å²) in [4.78, 5) is 12.2. The highest BCUT2D eigenvalue weighted by molar-refractivity contribution is 6.31. The number of hydrogen-bond donors (Lipinski definition) is 1. The second-order valence-electron chi connectivity index (χ2n) is 6.72. The summed E-state index contributed by atoms with van der Waals surface area (Å²) in [7, 11) is 0. The van der Waals surface area contributed by atoms with E-state index in [-0.39, 0.29) is 11.1 Å². The van der Waals surface area contributed by atoms with E-state index in [1.165, 1.54) is 6.07 Å². The Labute approximate surface area is 155 Å². The third kappa shape index (κ3) is 5.53. The standard InChI is InChI=1S/C20H17ClF3NO/c1-19(2,3)11-10-13-4-6-14(7-5-13)18(26)25-15-8-9-17(21)16(12-15)20(22,23)24/h4-9,12H,1-3H3,(H,25,26). The van der Waals surface area contributed by atoms with Crippen molar-refractivity contribution < 1.29 is 18.0 Å². The molecule has 0 aliphatic heterocycles. The van der Waals surface area contributed by atoms with E-state index in [1.54, 1.807) is 24.3 Å². The van der Waals surface area contributed by atoms with Crippen LogP contribution in [0.15, 0.2) is 42.5 Å². The highest BCUT2D eigenvalue weighted by Gasteiger charge is 2.33. The Bertz CT molecular complexity index is 869. The molecule has 26 heavy (non-hydrogen) atoms. The fourth-order valence-corrected chi connectivity index (χ4v) is 2.21. The number of carbonyl (C=O) groups excluding carboxylic acids is 1. The molecule has 1 N–H and O–H groups in total. The first-order chi connectivity index (χ1) is 12.0. The van der Waals surface area contributed by atoms with Gasteiger partial charge in [0.05, 0.1) is 10.6 Å². The summed E-state index contributed by atoms with van der Waals surface area (Å²) in [5.74, 6) is 5.57. The smallest absolute Gasteiger partial charge is 0.322 e. The van der Waals surface area contributed by atoms with Gasteiger partial charge in [-0.25, -0.2) is 0 Å². The molecule has 1 amide bonds. The molecular formula is C20H17ClF3NO. The Morgan fingerprint density at radius 2 is 1.65 bits per heavy atom. The molecule has 0 bridgehead atoms. The molecule has 0 unspecified atom stereocenters. The van der Waals surface area contributed by atoms with Crippen LogP contribution in [-0.2, 0) is 6.18 Å². The number of hydrogen-bond acceptors (Lipinski definition) is 1. The van der Waals surface area contributed by atoms with Gasteiger partial charge in [0.25, 0.3) is 5.91 Å². The van der Waals surface area contributed by atoms with Crippen LogP contribution in [0.3, 0.4) is 0 Å². The minimum absolute atomic E-state index is 0.0170. The van der Waals surface area contributed by atoms with Gasteiger partial charge in [0.15, 0.2) is 0 Å². The van der Waals surface area contributed by atoms with E-state index in [2.05, 4.69) is 17.2 Å². The van der Waals surface area contributed by atoms with E-state index in [0.29, 0.717) is 5.56 Å². The molecule has 0 aliphatic carbocycles. The van der Waals surface area contributed by atoms with Crippen molar-refractivity contribution in [3.05, 3.63) is 64.2 Å². The first kappa shape index (κ1) is 19.9. The highest BCUT2D eigenvalue weighted by Crippen LogP contribution is 2.36. The normalized spacial score (nSPS) is 11.5. The van der Waals surface area contributed by atoms with Gasteiger partial charge in [0.2, 0.25) is 0 Å². The molecule has 2 nitrogen and oxygen atoms in total. The molecule has 0 fully saturated rings. The lowest BCUT2D eigenvalue weighted by molar-refractivity contribution is -0.137. The SMILES string of the molecule is CC(C)(C)C#Cc1ccc(C(=O)Nc2ccc(Cl)c(C(F)(F)F)c2)cc1. The first-order valence-corrected chi connectivity index (χ1v) is 8.15. The maximum atomic E-state index is 12.9. The predicted octanol–water partition coefficient (Wildman–Crippen LogP) is 6.01. The van der Waals surface area contributed by atoms with Crippen LogP contribution in [0, 0.1) is 17.3 Å². The zero-order chi connectivity index (χ0) is 19.5. The summed E-state index contributed by atoms with van der Waals surface area (Å²) in [6.45, 7) is 5.97. The van der Waals surface area contributed by atoms with Gasteiger partial charge < -0.3 is 5.32 Å². The van der Waals surface area contributed by atoms with Gasteiger partial charge in [-0.1, -0.05) is 23.4 Å². The number of rotatable bonds is 2. The zero-order valence-electron chi connectivity index (χ0n) is 14.5.